The molecule has 1 fully saturated rings. The molecule has 0 saturated carbocycles. The lowest BCUT2D eigenvalue weighted by Gasteiger charge is -2.33. The van der Waals surface area contributed by atoms with Crippen molar-refractivity contribution in [1.29, 1.82) is 0 Å². The van der Waals surface area contributed by atoms with Gasteiger partial charge in [-0.1, -0.05) is 30.3 Å². The van der Waals surface area contributed by atoms with Crippen molar-refractivity contribution in [2.75, 3.05) is 39.3 Å². The molecule has 2 amide bonds. The highest BCUT2D eigenvalue weighted by atomic mass is 16.2. The Balaban J connectivity index is 1.66. The summed E-state index contributed by atoms with van der Waals surface area (Å²) in [6.07, 6.45) is 0. The van der Waals surface area contributed by atoms with Gasteiger partial charge in [-0.3, -0.25) is 19.4 Å². The summed E-state index contributed by atoms with van der Waals surface area (Å²) in [6.45, 7) is 4.37. The molecule has 0 atom stereocenters. The zero-order valence-corrected chi connectivity index (χ0v) is 12.1. The molecular formula is C15H22N4O2. The fraction of sp³-hybridized carbons (Fsp3) is 0.467. The van der Waals surface area contributed by atoms with Gasteiger partial charge in [0.25, 0.3) is 0 Å². The number of amides is 2. The molecule has 0 aromatic heterocycles. The van der Waals surface area contributed by atoms with Crippen molar-refractivity contribution in [2.45, 2.75) is 6.54 Å². The molecule has 6 heteroatoms. The van der Waals surface area contributed by atoms with Gasteiger partial charge in [0, 0.05) is 32.7 Å². The Bertz CT molecular complexity index is 470. The molecule has 1 aliphatic heterocycles. The molecule has 114 valence electrons. The third kappa shape index (κ3) is 5.53. The number of carbonyl (C=O) groups is 2. The Morgan fingerprint density at radius 2 is 1.57 bits per heavy atom. The van der Waals surface area contributed by atoms with E-state index in [9.17, 15) is 9.59 Å². The van der Waals surface area contributed by atoms with Crippen LogP contribution in [0, 0.1) is 0 Å². The molecule has 0 spiro atoms. The summed E-state index contributed by atoms with van der Waals surface area (Å²) < 4.78 is 0. The third-order valence-electron chi connectivity index (χ3n) is 3.54. The van der Waals surface area contributed by atoms with Crippen LogP contribution in [0.1, 0.15) is 5.56 Å². The number of nitrogens with zero attached hydrogens (tertiary/aromatic N) is 2. The smallest absolute Gasteiger partial charge is 0.234 e. The van der Waals surface area contributed by atoms with E-state index < -0.39 is 0 Å². The molecule has 0 radical (unpaired) electrons. The third-order valence-corrected chi connectivity index (χ3v) is 3.54. The highest BCUT2D eigenvalue weighted by molar-refractivity contribution is 5.78. The maximum Gasteiger partial charge on any atom is 0.234 e. The largest absolute Gasteiger partial charge is 0.369 e. The molecular weight excluding hydrogens is 268 g/mol. The van der Waals surface area contributed by atoms with Crippen molar-refractivity contribution < 1.29 is 9.59 Å². The molecule has 3 N–H and O–H groups in total. The molecule has 1 saturated heterocycles. The predicted octanol–water partition coefficient (Wildman–Crippen LogP) is -0.594. The number of carbonyl (C=O) groups excluding carboxylic acids is 2. The van der Waals surface area contributed by atoms with Gasteiger partial charge in [-0.25, -0.2) is 0 Å². The number of piperazine rings is 1. The molecule has 1 aromatic carbocycles. The van der Waals surface area contributed by atoms with E-state index in [1.54, 1.807) is 0 Å². The van der Waals surface area contributed by atoms with E-state index in [-0.39, 0.29) is 11.8 Å². The van der Waals surface area contributed by atoms with E-state index in [4.69, 9.17) is 5.73 Å². The predicted molar refractivity (Wildman–Crippen MR) is 80.4 cm³/mol. The minimum Gasteiger partial charge on any atom is -0.369 e. The minimum absolute atomic E-state index is 0.0298. The van der Waals surface area contributed by atoms with Crippen LogP contribution in [0.5, 0.6) is 0 Å². The summed E-state index contributed by atoms with van der Waals surface area (Å²) in [6, 6.07) is 9.85. The van der Waals surface area contributed by atoms with Crippen molar-refractivity contribution in [3.8, 4) is 0 Å². The van der Waals surface area contributed by atoms with Gasteiger partial charge < -0.3 is 11.1 Å². The molecule has 0 unspecified atom stereocenters. The van der Waals surface area contributed by atoms with Crippen molar-refractivity contribution in [3.63, 3.8) is 0 Å². The average Bonchev–Trinajstić information content (AvgIpc) is 2.48. The number of nitrogens with two attached hydrogens (primary N) is 1. The van der Waals surface area contributed by atoms with Crippen LogP contribution in [0.4, 0.5) is 0 Å². The Hall–Kier alpha value is -1.92. The topological polar surface area (TPSA) is 78.7 Å². The number of benzene rings is 1. The first-order valence-corrected chi connectivity index (χ1v) is 7.17. The van der Waals surface area contributed by atoms with Gasteiger partial charge >= 0.3 is 0 Å². The molecule has 1 aromatic rings. The second kappa shape index (κ2) is 7.75. The summed E-state index contributed by atoms with van der Waals surface area (Å²) in [7, 11) is 0. The molecule has 2 rings (SSSR count). The van der Waals surface area contributed by atoms with Gasteiger partial charge in [-0.15, -0.1) is 0 Å². The fourth-order valence-electron chi connectivity index (χ4n) is 2.38. The van der Waals surface area contributed by atoms with Gasteiger partial charge in [-0.2, -0.15) is 0 Å². The van der Waals surface area contributed by atoms with Crippen molar-refractivity contribution in [1.82, 2.24) is 15.1 Å². The van der Waals surface area contributed by atoms with Crippen molar-refractivity contribution >= 4 is 11.8 Å². The molecule has 6 nitrogen and oxygen atoms in total. The zero-order chi connectivity index (χ0) is 15.1. The summed E-state index contributed by atoms with van der Waals surface area (Å²) in [4.78, 5) is 26.9. The highest BCUT2D eigenvalue weighted by Crippen LogP contribution is 2.01. The average molecular weight is 290 g/mol. The van der Waals surface area contributed by atoms with Gasteiger partial charge in [-0.05, 0) is 5.56 Å². The summed E-state index contributed by atoms with van der Waals surface area (Å²) >= 11 is 0. The SMILES string of the molecule is NC(=O)CN1CCN(CC(=O)NCc2ccccc2)CC1. The molecule has 1 aliphatic rings. The number of rotatable bonds is 6. The fourth-order valence-corrected chi connectivity index (χ4v) is 2.38. The normalized spacial score (nSPS) is 16.6. The van der Waals surface area contributed by atoms with Gasteiger partial charge in [0.15, 0.2) is 0 Å². The molecule has 0 bridgehead atoms. The van der Waals surface area contributed by atoms with E-state index in [2.05, 4.69) is 10.2 Å². The van der Waals surface area contributed by atoms with Gasteiger partial charge in [0.05, 0.1) is 13.1 Å². The van der Waals surface area contributed by atoms with Crippen LogP contribution < -0.4 is 11.1 Å². The highest BCUT2D eigenvalue weighted by Gasteiger charge is 2.19. The second-order valence-electron chi connectivity index (χ2n) is 5.28. The first kappa shape index (κ1) is 15.5. The lowest BCUT2D eigenvalue weighted by molar-refractivity contribution is -0.124. The Morgan fingerprint density at radius 3 is 2.14 bits per heavy atom. The Kier molecular flexibility index (Phi) is 5.71. The van der Waals surface area contributed by atoms with Crippen LogP contribution in [0.2, 0.25) is 0 Å². The van der Waals surface area contributed by atoms with E-state index >= 15 is 0 Å². The van der Waals surface area contributed by atoms with Gasteiger partial charge in [0.2, 0.25) is 11.8 Å². The van der Waals surface area contributed by atoms with Crippen molar-refractivity contribution in [3.05, 3.63) is 35.9 Å². The van der Waals surface area contributed by atoms with Crippen LogP contribution in [-0.2, 0) is 16.1 Å². The summed E-state index contributed by atoms with van der Waals surface area (Å²) in [5.41, 5.74) is 6.27. The second-order valence-corrected chi connectivity index (χ2v) is 5.28. The summed E-state index contributed by atoms with van der Waals surface area (Å²) in [5, 5.41) is 2.92. The number of hydrogen-bond donors (Lipinski definition) is 2. The minimum atomic E-state index is -0.302. The summed E-state index contributed by atoms with van der Waals surface area (Å²) in [5.74, 6) is -0.272. The van der Waals surface area contributed by atoms with Crippen LogP contribution >= 0.6 is 0 Å². The quantitative estimate of drug-likeness (QED) is 0.734. The van der Waals surface area contributed by atoms with Crippen LogP contribution in [0.25, 0.3) is 0 Å². The van der Waals surface area contributed by atoms with E-state index in [1.165, 1.54) is 0 Å². The lowest BCUT2D eigenvalue weighted by Crippen LogP contribution is -2.51. The van der Waals surface area contributed by atoms with Gasteiger partial charge in [0.1, 0.15) is 0 Å². The van der Waals surface area contributed by atoms with Crippen LogP contribution in [-0.4, -0.2) is 60.9 Å². The van der Waals surface area contributed by atoms with Crippen molar-refractivity contribution in [2.24, 2.45) is 5.73 Å². The molecule has 21 heavy (non-hydrogen) atoms. The number of nitrogens with one attached hydrogen (secondary N) is 1. The first-order chi connectivity index (χ1) is 10.1. The first-order valence-electron chi connectivity index (χ1n) is 7.17. The number of primary amides is 1. The monoisotopic (exact) mass is 290 g/mol. The zero-order valence-electron chi connectivity index (χ0n) is 12.1. The standard InChI is InChI=1S/C15H22N4O2/c16-14(20)11-18-6-8-19(9-7-18)12-15(21)17-10-13-4-2-1-3-5-13/h1-5H,6-12H2,(H2,16,20)(H,17,21). The lowest BCUT2D eigenvalue weighted by atomic mass is 10.2. The Morgan fingerprint density at radius 1 is 1.00 bits per heavy atom. The van der Waals surface area contributed by atoms with Crippen LogP contribution in [0.3, 0.4) is 0 Å². The molecule has 0 aliphatic carbocycles. The maximum absolute atomic E-state index is 11.9. The van der Waals surface area contributed by atoms with E-state index in [0.29, 0.717) is 19.6 Å². The van der Waals surface area contributed by atoms with E-state index in [1.807, 2.05) is 35.2 Å². The Labute approximate surface area is 124 Å². The van der Waals surface area contributed by atoms with E-state index in [0.717, 1.165) is 31.7 Å². The molecule has 1 heterocycles. The van der Waals surface area contributed by atoms with Crippen LogP contribution in [0.15, 0.2) is 30.3 Å². The number of hydrogen-bond acceptors (Lipinski definition) is 4. The maximum atomic E-state index is 11.9.